The molecule has 1 aromatic carbocycles. The summed E-state index contributed by atoms with van der Waals surface area (Å²) in [7, 11) is 1.41. The zero-order valence-corrected chi connectivity index (χ0v) is 10.6. The molecule has 0 amide bonds. The van der Waals surface area contributed by atoms with Crippen molar-refractivity contribution < 1.29 is 14.3 Å². The first-order valence-electron chi connectivity index (χ1n) is 6.38. The van der Waals surface area contributed by atoms with Crippen molar-refractivity contribution in [2.75, 3.05) is 7.11 Å². The third-order valence-corrected chi connectivity index (χ3v) is 3.77. The van der Waals surface area contributed by atoms with E-state index in [1.165, 1.54) is 7.11 Å². The van der Waals surface area contributed by atoms with E-state index in [-0.39, 0.29) is 11.9 Å². The fraction of sp³-hybridized carbons (Fsp3) is 0.467. The number of carbonyl (C=O) groups is 2. The Hall–Kier alpha value is -1.64. The van der Waals surface area contributed by atoms with Gasteiger partial charge >= 0.3 is 5.97 Å². The summed E-state index contributed by atoms with van der Waals surface area (Å²) in [5, 5.41) is 0. The largest absolute Gasteiger partial charge is 0.465 e. The number of esters is 1. The third kappa shape index (κ3) is 2.61. The number of hydrogen-bond acceptors (Lipinski definition) is 3. The zero-order valence-electron chi connectivity index (χ0n) is 10.6. The zero-order chi connectivity index (χ0) is 13.0. The maximum Gasteiger partial charge on any atom is 0.338 e. The van der Waals surface area contributed by atoms with Crippen LogP contribution in [0.2, 0.25) is 0 Å². The predicted octanol–water partition coefficient (Wildman–Crippen LogP) is 2.95. The molecule has 1 aliphatic carbocycles. The van der Waals surface area contributed by atoms with E-state index in [0.717, 1.165) is 37.5 Å². The van der Waals surface area contributed by atoms with E-state index in [0.29, 0.717) is 11.5 Å². The average molecular weight is 246 g/mol. The second kappa shape index (κ2) is 5.80. The Morgan fingerprint density at radius 2 is 1.89 bits per heavy atom. The number of ether oxygens (including phenoxy) is 1. The van der Waals surface area contributed by atoms with Crippen LogP contribution in [0.4, 0.5) is 0 Å². The van der Waals surface area contributed by atoms with Gasteiger partial charge in [-0.3, -0.25) is 0 Å². The van der Waals surface area contributed by atoms with E-state index in [9.17, 15) is 9.59 Å². The molecule has 0 unspecified atom stereocenters. The number of aldehydes is 1. The molecule has 18 heavy (non-hydrogen) atoms. The van der Waals surface area contributed by atoms with Crippen molar-refractivity contribution in [3.05, 3.63) is 35.4 Å². The van der Waals surface area contributed by atoms with Gasteiger partial charge in [-0.05, 0) is 43.2 Å². The van der Waals surface area contributed by atoms with E-state index < -0.39 is 0 Å². The molecule has 2 rings (SSSR count). The predicted molar refractivity (Wildman–Crippen MR) is 68.5 cm³/mol. The highest BCUT2D eigenvalue weighted by atomic mass is 16.5. The molecule has 0 aliphatic heterocycles. The van der Waals surface area contributed by atoms with Crippen molar-refractivity contribution in [1.82, 2.24) is 0 Å². The highest BCUT2D eigenvalue weighted by molar-refractivity contribution is 5.91. The van der Waals surface area contributed by atoms with Gasteiger partial charge in [0.25, 0.3) is 0 Å². The van der Waals surface area contributed by atoms with E-state index in [2.05, 4.69) is 0 Å². The summed E-state index contributed by atoms with van der Waals surface area (Å²) in [6.07, 6.45) is 4.84. The molecule has 1 aliphatic rings. The van der Waals surface area contributed by atoms with Crippen molar-refractivity contribution in [2.24, 2.45) is 5.92 Å². The summed E-state index contributed by atoms with van der Waals surface area (Å²) in [6.45, 7) is 0. The van der Waals surface area contributed by atoms with Gasteiger partial charge in [0.05, 0.1) is 12.7 Å². The summed E-state index contributed by atoms with van der Waals surface area (Å²) in [5.41, 5.74) is 1.73. The number of benzene rings is 1. The molecule has 0 atom stereocenters. The van der Waals surface area contributed by atoms with Gasteiger partial charge in [-0.1, -0.05) is 18.2 Å². The van der Waals surface area contributed by atoms with Crippen molar-refractivity contribution in [2.45, 2.75) is 31.6 Å². The number of carbonyl (C=O) groups excluding carboxylic acids is 2. The van der Waals surface area contributed by atoms with Crippen LogP contribution in [-0.2, 0) is 9.53 Å². The van der Waals surface area contributed by atoms with Gasteiger partial charge in [-0.15, -0.1) is 0 Å². The lowest BCUT2D eigenvalue weighted by atomic mass is 9.78. The van der Waals surface area contributed by atoms with Gasteiger partial charge in [0, 0.05) is 5.92 Å². The molecule has 0 N–H and O–H groups in total. The molecule has 96 valence electrons. The molecule has 3 heteroatoms. The van der Waals surface area contributed by atoms with Crippen LogP contribution in [0.25, 0.3) is 0 Å². The maximum absolute atomic E-state index is 11.7. The fourth-order valence-electron chi connectivity index (χ4n) is 2.72. The maximum atomic E-state index is 11.7. The molecule has 1 fully saturated rings. The average Bonchev–Trinajstić information content (AvgIpc) is 2.46. The van der Waals surface area contributed by atoms with Crippen LogP contribution < -0.4 is 0 Å². The Labute approximate surface area is 107 Å². The minimum Gasteiger partial charge on any atom is -0.465 e. The van der Waals surface area contributed by atoms with Gasteiger partial charge in [0.15, 0.2) is 0 Å². The minimum absolute atomic E-state index is 0.200. The van der Waals surface area contributed by atoms with Crippen LogP contribution in [0.1, 0.15) is 47.5 Å². The second-order valence-corrected chi connectivity index (χ2v) is 4.83. The van der Waals surface area contributed by atoms with Crippen LogP contribution in [0.5, 0.6) is 0 Å². The smallest absolute Gasteiger partial charge is 0.338 e. The van der Waals surface area contributed by atoms with Gasteiger partial charge in [-0.25, -0.2) is 4.79 Å². The molecule has 1 aromatic rings. The summed E-state index contributed by atoms with van der Waals surface area (Å²) in [5.74, 6) is 0.297. The molecule has 0 bridgehead atoms. The summed E-state index contributed by atoms with van der Waals surface area (Å²) in [4.78, 5) is 22.5. The van der Waals surface area contributed by atoms with Crippen LogP contribution in [0.15, 0.2) is 24.3 Å². The van der Waals surface area contributed by atoms with Gasteiger partial charge in [0.2, 0.25) is 0 Å². The molecule has 0 heterocycles. The van der Waals surface area contributed by atoms with Crippen LogP contribution in [0.3, 0.4) is 0 Å². The van der Waals surface area contributed by atoms with Gasteiger partial charge < -0.3 is 9.53 Å². The van der Waals surface area contributed by atoms with Crippen LogP contribution >= 0.6 is 0 Å². The summed E-state index contributed by atoms with van der Waals surface area (Å²) < 4.78 is 4.81. The van der Waals surface area contributed by atoms with Crippen molar-refractivity contribution in [3.8, 4) is 0 Å². The first kappa shape index (κ1) is 12.8. The monoisotopic (exact) mass is 246 g/mol. The first-order chi connectivity index (χ1) is 8.76. The number of methoxy groups -OCH3 is 1. The summed E-state index contributed by atoms with van der Waals surface area (Å²) in [6, 6.07) is 7.62. The highest BCUT2D eigenvalue weighted by Gasteiger charge is 2.25. The molecular formula is C15H18O3. The van der Waals surface area contributed by atoms with E-state index in [4.69, 9.17) is 4.74 Å². The molecule has 0 spiro atoms. The first-order valence-corrected chi connectivity index (χ1v) is 6.38. The lowest BCUT2D eigenvalue weighted by Gasteiger charge is -2.26. The number of rotatable bonds is 3. The second-order valence-electron chi connectivity index (χ2n) is 4.83. The van der Waals surface area contributed by atoms with E-state index >= 15 is 0 Å². The molecule has 0 aromatic heterocycles. The Morgan fingerprint density at radius 1 is 1.22 bits per heavy atom. The Morgan fingerprint density at radius 3 is 2.50 bits per heavy atom. The van der Waals surface area contributed by atoms with Crippen LogP contribution in [0, 0.1) is 5.92 Å². The standard InChI is InChI=1S/C15H18O3/c1-18-15(17)14-5-3-2-4-13(14)12-8-6-11(10-16)7-9-12/h2-5,10-12H,6-9H2,1H3. The van der Waals surface area contributed by atoms with E-state index in [1.54, 1.807) is 0 Å². The summed E-state index contributed by atoms with van der Waals surface area (Å²) >= 11 is 0. The van der Waals surface area contributed by atoms with E-state index in [1.807, 2.05) is 24.3 Å². The SMILES string of the molecule is COC(=O)c1ccccc1C1CCC(C=O)CC1. The minimum atomic E-state index is -0.275. The molecule has 1 saturated carbocycles. The third-order valence-electron chi connectivity index (χ3n) is 3.77. The van der Waals surface area contributed by atoms with Gasteiger partial charge in [-0.2, -0.15) is 0 Å². The molecular weight excluding hydrogens is 228 g/mol. The molecule has 0 radical (unpaired) electrons. The van der Waals surface area contributed by atoms with Gasteiger partial charge in [0.1, 0.15) is 6.29 Å². The van der Waals surface area contributed by atoms with Crippen LogP contribution in [-0.4, -0.2) is 19.4 Å². The Kier molecular flexibility index (Phi) is 4.13. The topological polar surface area (TPSA) is 43.4 Å². The Balaban J connectivity index is 2.18. The normalized spacial score (nSPS) is 23.4. The number of hydrogen-bond donors (Lipinski definition) is 0. The molecule has 3 nitrogen and oxygen atoms in total. The lowest BCUT2D eigenvalue weighted by Crippen LogP contribution is -2.16. The molecule has 0 saturated heterocycles. The van der Waals surface area contributed by atoms with Crippen molar-refractivity contribution >= 4 is 12.3 Å². The fourth-order valence-corrected chi connectivity index (χ4v) is 2.72. The van der Waals surface area contributed by atoms with Crippen molar-refractivity contribution in [1.29, 1.82) is 0 Å². The Bertz CT molecular complexity index is 431. The quantitative estimate of drug-likeness (QED) is 0.608. The van der Waals surface area contributed by atoms with Crippen molar-refractivity contribution in [3.63, 3.8) is 0 Å². The lowest BCUT2D eigenvalue weighted by molar-refractivity contribution is -0.111. The highest BCUT2D eigenvalue weighted by Crippen LogP contribution is 2.36.